The molecule has 2 rings (SSSR count). The van der Waals surface area contributed by atoms with Crippen LogP contribution in [0.4, 0.5) is 5.69 Å². The molecule has 2 aromatic carbocycles. The van der Waals surface area contributed by atoms with Gasteiger partial charge in [-0.3, -0.25) is 4.72 Å². The maximum absolute atomic E-state index is 12.6. The maximum atomic E-state index is 12.6. The zero-order valence-corrected chi connectivity index (χ0v) is 16.1. The van der Waals surface area contributed by atoms with Crippen LogP contribution >= 0.6 is 11.6 Å². The Morgan fingerprint density at radius 1 is 1.27 bits per heavy atom. The molecule has 0 aliphatic rings. The average Bonchev–Trinajstić information content (AvgIpc) is 2.62. The molecule has 0 saturated carbocycles. The molecule has 0 aromatic heterocycles. The molecule has 0 aliphatic heterocycles. The van der Waals surface area contributed by atoms with Gasteiger partial charge in [0, 0.05) is 12.1 Å². The van der Waals surface area contributed by atoms with Crippen LogP contribution in [0.1, 0.15) is 25.3 Å². The van der Waals surface area contributed by atoms with Crippen molar-refractivity contribution >= 4 is 33.2 Å². The number of methoxy groups -OCH3 is 1. The number of nitrogens with zero attached hydrogens (tertiary/aromatic N) is 1. The zero-order chi connectivity index (χ0) is 19.2. The lowest BCUT2D eigenvalue weighted by atomic mass is 10.2. The summed E-state index contributed by atoms with van der Waals surface area (Å²) >= 11 is 6.00. The number of halogens is 1. The standard InChI is InChI=1S/C18H21ClN2O4S/c1-3-4-11-20-18(22)14-7-5-6-8-16(14)21-26(23,24)13-9-10-17(25-2)15(19)12-13/h5-10,12,21H,3-4,11H2,1-2H3,(H,20,22)/p-1. The molecule has 0 fully saturated rings. The number of unbranched alkanes of at least 4 members (excludes halogenated alkanes) is 1. The normalized spacial score (nSPS) is 12.0. The van der Waals surface area contributed by atoms with Crippen LogP contribution < -0.4 is 14.6 Å². The van der Waals surface area contributed by atoms with Gasteiger partial charge >= 0.3 is 0 Å². The number of rotatable bonds is 8. The van der Waals surface area contributed by atoms with Crippen molar-refractivity contribution in [1.29, 1.82) is 0 Å². The first kappa shape index (κ1) is 20.1. The van der Waals surface area contributed by atoms with E-state index in [-0.39, 0.29) is 21.2 Å². The first-order valence-electron chi connectivity index (χ1n) is 8.06. The predicted octanol–water partition coefficient (Wildman–Crippen LogP) is 3.06. The van der Waals surface area contributed by atoms with Gasteiger partial charge < -0.3 is 14.8 Å². The minimum atomic E-state index is -3.93. The summed E-state index contributed by atoms with van der Waals surface area (Å²) in [5, 5.41) is 12.4. The maximum Gasteiger partial charge on any atom is 0.261 e. The molecule has 2 aromatic rings. The van der Waals surface area contributed by atoms with Crippen LogP contribution in [0.5, 0.6) is 5.75 Å². The number of benzene rings is 2. The molecule has 0 bridgehead atoms. The summed E-state index contributed by atoms with van der Waals surface area (Å²) in [4.78, 5) is 3.94. The number of hydrogen-bond acceptors (Lipinski definition) is 5. The molecule has 0 unspecified atom stereocenters. The highest BCUT2D eigenvalue weighted by molar-refractivity contribution is 7.92. The smallest absolute Gasteiger partial charge is 0.261 e. The van der Waals surface area contributed by atoms with E-state index >= 15 is 0 Å². The third kappa shape index (κ3) is 4.89. The second kappa shape index (κ2) is 8.91. The highest BCUT2D eigenvalue weighted by Gasteiger charge is 2.17. The van der Waals surface area contributed by atoms with Crippen molar-refractivity contribution < 1.29 is 18.3 Å². The van der Waals surface area contributed by atoms with E-state index in [2.05, 4.69) is 9.71 Å². The highest BCUT2D eigenvalue weighted by atomic mass is 35.5. The second-order valence-corrected chi connectivity index (χ2v) is 7.58. The molecule has 8 heteroatoms. The van der Waals surface area contributed by atoms with E-state index in [9.17, 15) is 13.5 Å². The number of ether oxygens (including phenoxy) is 1. The van der Waals surface area contributed by atoms with Crippen molar-refractivity contribution in [2.24, 2.45) is 4.99 Å². The van der Waals surface area contributed by atoms with Gasteiger partial charge in [0.2, 0.25) is 0 Å². The topological polar surface area (TPSA) is 90.8 Å². The summed E-state index contributed by atoms with van der Waals surface area (Å²) in [6, 6.07) is 10.5. The lowest BCUT2D eigenvalue weighted by molar-refractivity contribution is -0.213. The molecule has 0 aliphatic carbocycles. The molecular weight excluding hydrogens is 376 g/mol. The lowest BCUT2D eigenvalue weighted by Crippen LogP contribution is -2.23. The van der Waals surface area contributed by atoms with Crippen LogP contribution in [-0.4, -0.2) is 28.0 Å². The van der Waals surface area contributed by atoms with E-state index in [4.69, 9.17) is 16.3 Å². The first-order chi connectivity index (χ1) is 12.4. The first-order valence-corrected chi connectivity index (χ1v) is 9.92. The predicted molar refractivity (Wildman–Crippen MR) is 102 cm³/mol. The van der Waals surface area contributed by atoms with Crippen molar-refractivity contribution in [3.05, 3.63) is 53.1 Å². The van der Waals surface area contributed by atoms with Crippen molar-refractivity contribution in [3.63, 3.8) is 0 Å². The number of anilines is 1. The van der Waals surface area contributed by atoms with Crippen molar-refractivity contribution in [2.75, 3.05) is 18.4 Å². The minimum absolute atomic E-state index is 0.0338. The van der Waals surface area contributed by atoms with Crippen molar-refractivity contribution in [1.82, 2.24) is 0 Å². The Balaban J connectivity index is 2.33. The van der Waals surface area contributed by atoms with E-state index in [0.29, 0.717) is 12.3 Å². The fourth-order valence-corrected chi connectivity index (χ4v) is 3.63. The summed E-state index contributed by atoms with van der Waals surface area (Å²) in [6.45, 7) is 2.41. The number of sulfonamides is 1. The van der Waals surface area contributed by atoms with Gasteiger partial charge in [0.25, 0.3) is 10.0 Å². The molecular formula is C18H20ClN2O4S-. The van der Waals surface area contributed by atoms with Gasteiger partial charge in [-0.1, -0.05) is 43.1 Å². The van der Waals surface area contributed by atoms with Gasteiger partial charge in [0.15, 0.2) is 0 Å². The quantitative estimate of drug-likeness (QED) is 0.422. The number of aliphatic imine (C=N–C) groups is 1. The van der Waals surface area contributed by atoms with E-state index in [1.54, 1.807) is 12.1 Å². The van der Waals surface area contributed by atoms with Crippen molar-refractivity contribution in [3.8, 4) is 5.75 Å². The Morgan fingerprint density at radius 3 is 2.65 bits per heavy atom. The molecule has 26 heavy (non-hydrogen) atoms. The Labute approximate surface area is 158 Å². The zero-order valence-electron chi connectivity index (χ0n) is 14.5. The van der Waals surface area contributed by atoms with Gasteiger partial charge in [0.1, 0.15) is 5.75 Å². The third-order valence-corrected chi connectivity index (χ3v) is 5.26. The fourth-order valence-electron chi connectivity index (χ4n) is 2.20. The molecule has 0 spiro atoms. The Hall–Kier alpha value is -2.25. The lowest BCUT2D eigenvalue weighted by Gasteiger charge is -2.17. The number of hydrogen-bond donors (Lipinski definition) is 1. The Kier molecular flexibility index (Phi) is 6.88. The van der Waals surface area contributed by atoms with Crippen LogP contribution in [0.25, 0.3) is 0 Å². The number of nitrogens with one attached hydrogen (secondary N) is 1. The second-order valence-electron chi connectivity index (χ2n) is 5.49. The summed E-state index contributed by atoms with van der Waals surface area (Å²) in [6.07, 6.45) is 1.72. The summed E-state index contributed by atoms with van der Waals surface area (Å²) < 4.78 is 32.7. The van der Waals surface area contributed by atoms with Gasteiger partial charge in [0.05, 0.1) is 22.7 Å². The molecule has 0 amide bonds. The molecule has 1 N–H and O–H groups in total. The van der Waals surface area contributed by atoms with Crippen LogP contribution in [-0.2, 0) is 10.0 Å². The highest BCUT2D eigenvalue weighted by Crippen LogP contribution is 2.28. The number of para-hydroxylation sites is 1. The van der Waals surface area contributed by atoms with Gasteiger partial charge in [-0.2, -0.15) is 0 Å². The fraction of sp³-hybridized carbons (Fsp3) is 0.278. The molecule has 6 nitrogen and oxygen atoms in total. The Bertz CT molecular complexity index is 898. The summed E-state index contributed by atoms with van der Waals surface area (Å²) in [5.74, 6) is -0.0829. The summed E-state index contributed by atoms with van der Waals surface area (Å²) in [5.41, 5.74) is 0.372. The third-order valence-electron chi connectivity index (χ3n) is 3.60. The SMILES string of the molecule is CCCCN=C([O-])c1ccccc1NS(=O)(=O)c1ccc(OC)c(Cl)c1. The van der Waals surface area contributed by atoms with Gasteiger partial charge in [-0.25, -0.2) is 8.42 Å². The van der Waals surface area contributed by atoms with E-state index in [1.165, 1.54) is 37.4 Å². The molecule has 0 saturated heterocycles. The van der Waals surface area contributed by atoms with Crippen LogP contribution in [0.2, 0.25) is 5.02 Å². The summed E-state index contributed by atoms with van der Waals surface area (Å²) in [7, 11) is -2.48. The van der Waals surface area contributed by atoms with E-state index < -0.39 is 15.9 Å². The Morgan fingerprint density at radius 2 is 2.00 bits per heavy atom. The molecule has 0 atom stereocenters. The van der Waals surface area contributed by atoms with Crippen LogP contribution in [0.3, 0.4) is 0 Å². The largest absolute Gasteiger partial charge is 0.858 e. The minimum Gasteiger partial charge on any atom is -0.858 e. The average molecular weight is 396 g/mol. The van der Waals surface area contributed by atoms with Gasteiger partial charge in [-0.05, 0) is 36.6 Å². The molecule has 140 valence electrons. The van der Waals surface area contributed by atoms with E-state index in [1.807, 2.05) is 6.92 Å². The van der Waals surface area contributed by atoms with Crippen LogP contribution in [0.15, 0.2) is 52.4 Å². The van der Waals surface area contributed by atoms with Crippen LogP contribution in [0, 0.1) is 0 Å². The monoisotopic (exact) mass is 395 g/mol. The molecule has 0 heterocycles. The molecule has 0 radical (unpaired) electrons. The van der Waals surface area contributed by atoms with Gasteiger partial charge in [-0.15, -0.1) is 0 Å². The van der Waals surface area contributed by atoms with E-state index in [0.717, 1.165) is 12.8 Å². The van der Waals surface area contributed by atoms with Crippen molar-refractivity contribution in [2.45, 2.75) is 24.7 Å².